The second-order valence-electron chi connectivity index (χ2n) is 13.4. The number of ether oxygens (including phenoxy) is 10. The van der Waals surface area contributed by atoms with Gasteiger partial charge in [-0.3, -0.25) is 0 Å². The Bertz CT molecular complexity index is 1100. The summed E-state index contributed by atoms with van der Waals surface area (Å²) in [5.41, 5.74) is 1.63. The molecule has 306 valence electrons. The molecule has 54 heavy (non-hydrogen) atoms. The van der Waals surface area contributed by atoms with Crippen LogP contribution in [0.3, 0.4) is 0 Å². The van der Waals surface area contributed by atoms with E-state index < -0.39 is 11.2 Å². The van der Waals surface area contributed by atoms with Crippen molar-refractivity contribution in [2.45, 2.75) is 50.1 Å². The summed E-state index contributed by atoms with van der Waals surface area (Å²) in [6.45, 7) is 15.0. The van der Waals surface area contributed by atoms with Gasteiger partial charge in [0.2, 0.25) is 0 Å². The second-order valence-corrected chi connectivity index (χ2v) is 13.4. The van der Waals surface area contributed by atoms with Gasteiger partial charge in [0, 0.05) is 21.3 Å². The molecule has 4 rings (SSSR count). The van der Waals surface area contributed by atoms with Gasteiger partial charge in [0.05, 0.1) is 106 Å². The molecular weight excluding hydrogens is 732 g/mol. The Balaban J connectivity index is 0.000000955. The Hall–Kier alpha value is -0.484. The third-order valence-electron chi connectivity index (χ3n) is 8.43. The number of aliphatic hydroxyl groups is 3. The Morgan fingerprint density at radius 3 is 1.09 bits per heavy atom. The molecule has 4 N–H and O–H groups in total. The molecule has 2 aromatic carbocycles. The van der Waals surface area contributed by atoms with Gasteiger partial charge in [-0.2, -0.15) is 0 Å². The zero-order valence-electron chi connectivity index (χ0n) is 33.8. The molecule has 2 saturated heterocycles. The zero-order valence-corrected chi connectivity index (χ0v) is 36.9. The number of hydrogen-bond donors (Lipinski definition) is 3. The number of rotatable bonds is 25. The fraction of sp³-hybridized carbons (Fsp3) is 0.692. The average molecular weight is 797 g/mol. The van der Waals surface area contributed by atoms with Crippen molar-refractivity contribution in [1.82, 2.24) is 0 Å². The standard InChI is InChI=1S/C22H38O8.C12H14O2.C5H12O3.K.H2O/c1-21(23,17-29-15-13-27-11-9-25-3)19-5-7-20(8-6-19)22(2,24)18-30-16-14-28-12-10-26-4;1-11(7-13-11)9-3-5-10(6-4-9)12(2)8-14-12;1-7-4-5-8-3-2-6;;/h5-8,23-24H,9-18H2,1-4H3;3-6H,7-8H2,1-2H3;6H,2-5H2,1H3;;1H2/q;;;+1;/p-1. The fourth-order valence-electron chi connectivity index (χ4n) is 4.66. The number of hydrogen-bond acceptors (Lipinski definition) is 14. The van der Waals surface area contributed by atoms with Gasteiger partial charge in [-0.05, 0) is 49.9 Å². The van der Waals surface area contributed by atoms with Gasteiger partial charge < -0.3 is 68.2 Å². The molecule has 0 aromatic heterocycles. The van der Waals surface area contributed by atoms with Crippen molar-refractivity contribution < 1.29 is 120 Å². The molecule has 14 nitrogen and oxygen atoms in total. The van der Waals surface area contributed by atoms with Crippen LogP contribution in [0.1, 0.15) is 49.9 Å². The van der Waals surface area contributed by atoms with Crippen LogP contribution in [0.4, 0.5) is 0 Å². The fourth-order valence-corrected chi connectivity index (χ4v) is 4.66. The smallest absolute Gasteiger partial charge is 0.870 e. The van der Waals surface area contributed by atoms with E-state index >= 15 is 0 Å². The third-order valence-corrected chi connectivity index (χ3v) is 8.43. The van der Waals surface area contributed by atoms with E-state index in [1.165, 1.54) is 11.1 Å². The van der Waals surface area contributed by atoms with Crippen LogP contribution in [0.25, 0.3) is 0 Å². The Morgan fingerprint density at radius 2 is 0.815 bits per heavy atom. The molecule has 2 aliphatic heterocycles. The summed E-state index contributed by atoms with van der Waals surface area (Å²) >= 11 is 0. The topological polar surface area (TPSA) is 190 Å². The summed E-state index contributed by atoms with van der Waals surface area (Å²) in [4.78, 5) is 0. The number of aliphatic hydroxyl groups excluding tert-OH is 1. The third kappa shape index (κ3) is 21.3. The van der Waals surface area contributed by atoms with Crippen LogP contribution < -0.4 is 51.4 Å². The summed E-state index contributed by atoms with van der Waals surface area (Å²) in [5, 5.41) is 29.6. The molecule has 15 heteroatoms. The summed E-state index contributed by atoms with van der Waals surface area (Å²) in [6, 6.07) is 15.7. The van der Waals surface area contributed by atoms with E-state index in [0.29, 0.717) is 83.8 Å². The molecule has 0 radical (unpaired) electrons. The minimum Gasteiger partial charge on any atom is -0.870 e. The van der Waals surface area contributed by atoms with Crippen molar-refractivity contribution in [3.63, 3.8) is 0 Å². The quantitative estimate of drug-likeness (QED) is 0.0698. The van der Waals surface area contributed by atoms with Crippen LogP contribution in [0.15, 0.2) is 48.5 Å². The predicted molar refractivity (Wildman–Crippen MR) is 197 cm³/mol. The SMILES string of the molecule is CC1(c2ccc(C3(C)CO3)cc2)CO1.COCCOCCO.COCCOCCOCC(C)(O)c1ccc(C(C)(O)COCCOCCOC)cc1.[K+].[OH-]. The van der Waals surface area contributed by atoms with E-state index in [2.05, 4.69) is 42.8 Å². The zero-order chi connectivity index (χ0) is 38.4. The van der Waals surface area contributed by atoms with E-state index in [1.807, 2.05) is 0 Å². The first kappa shape index (κ1) is 53.5. The largest absolute Gasteiger partial charge is 1.00 e. The molecule has 4 atom stereocenters. The molecule has 0 bridgehead atoms. The van der Waals surface area contributed by atoms with Gasteiger partial charge in [-0.25, -0.2) is 0 Å². The summed E-state index contributed by atoms with van der Waals surface area (Å²) in [5.74, 6) is 0. The van der Waals surface area contributed by atoms with Crippen molar-refractivity contribution in [2.24, 2.45) is 0 Å². The minimum atomic E-state index is -1.15. The van der Waals surface area contributed by atoms with Crippen molar-refractivity contribution in [2.75, 3.05) is 127 Å². The number of methoxy groups -OCH3 is 3. The van der Waals surface area contributed by atoms with Crippen LogP contribution >= 0.6 is 0 Å². The molecule has 2 aromatic rings. The maximum atomic E-state index is 10.7. The predicted octanol–water partition coefficient (Wildman–Crippen LogP) is 0.107. The van der Waals surface area contributed by atoms with E-state index in [0.717, 1.165) is 13.2 Å². The van der Waals surface area contributed by atoms with Gasteiger partial charge in [0.25, 0.3) is 0 Å². The van der Waals surface area contributed by atoms with Crippen LogP contribution in [0, 0.1) is 0 Å². The Kier molecular flexibility index (Phi) is 28.6. The van der Waals surface area contributed by atoms with Gasteiger partial charge in [-0.1, -0.05) is 48.5 Å². The Morgan fingerprint density at radius 1 is 0.537 bits per heavy atom. The molecule has 0 saturated carbocycles. The molecular formula is C39H65KO14. The van der Waals surface area contributed by atoms with Gasteiger partial charge >= 0.3 is 51.4 Å². The molecule has 2 aliphatic rings. The van der Waals surface area contributed by atoms with Crippen molar-refractivity contribution in [3.8, 4) is 0 Å². The van der Waals surface area contributed by atoms with E-state index in [9.17, 15) is 10.2 Å². The number of epoxide rings is 2. The molecule has 2 fully saturated rings. The first-order chi connectivity index (χ1) is 24.9. The van der Waals surface area contributed by atoms with Crippen molar-refractivity contribution in [1.29, 1.82) is 0 Å². The van der Waals surface area contributed by atoms with E-state index in [4.69, 9.17) is 47.7 Å². The van der Waals surface area contributed by atoms with Crippen LogP contribution in [0.5, 0.6) is 0 Å². The molecule has 0 amide bonds. The summed E-state index contributed by atoms with van der Waals surface area (Å²) in [7, 11) is 4.85. The van der Waals surface area contributed by atoms with Gasteiger partial charge in [0.15, 0.2) is 0 Å². The number of benzene rings is 2. The van der Waals surface area contributed by atoms with E-state index in [1.54, 1.807) is 59.4 Å². The molecule has 2 heterocycles. The summed E-state index contributed by atoms with van der Waals surface area (Å²) < 4.78 is 51.8. The second kappa shape index (κ2) is 28.8. The molecule has 0 spiro atoms. The van der Waals surface area contributed by atoms with E-state index in [-0.39, 0.29) is 87.9 Å². The molecule has 0 aliphatic carbocycles. The van der Waals surface area contributed by atoms with Crippen molar-refractivity contribution >= 4 is 0 Å². The summed E-state index contributed by atoms with van der Waals surface area (Å²) in [6.07, 6.45) is 0. The van der Waals surface area contributed by atoms with Gasteiger partial charge in [-0.15, -0.1) is 0 Å². The van der Waals surface area contributed by atoms with Gasteiger partial charge in [0.1, 0.15) is 22.4 Å². The monoisotopic (exact) mass is 796 g/mol. The maximum absolute atomic E-state index is 10.7. The van der Waals surface area contributed by atoms with Crippen LogP contribution in [-0.4, -0.2) is 148 Å². The Labute approximate surface area is 364 Å². The first-order valence-electron chi connectivity index (χ1n) is 17.8. The normalized spacial score (nSPS) is 20.4. The maximum Gasteiger partial charge on any atom is 1.00 e. The average Bonchev–Trinajstić information content (AvgIpc) is 4.08. The van der Waals surface area contributed by atoms with Crippen LogP contribution in [0.2, 0.25) is 0 Å². The van der Waals surface area contributed by atoms with Crippen molar-refractivity contribution in [3.05, 3.63) is 70.8 Å². The van der Waals surface area contributed by atoms with Crippen LogP contribution in [-0.2, 0) is 69.8 Å². The first-order valence-corrected chi connectivity index (χ1v) is 17.8. The molecule has 4 unspecified atom stereocenters. The minimum absolute atomic E-state index is 0.